The van der Waals surface area contributed by atoms with E-state index in [-0.39, 0.29) is 12.4 Å². The summed E-state index contributed by atoms with van der Waals surface area (Å²) in [4.78, 5) is 6.91. The molecule has 2 aromatic rings. The van der Waals surface area contributed by atoms with E-state index in [0.717, 1.165) is 37.9 Å². The van der Waals surface area contributed by atoms with E-state index in [1.165, 1.54) is 62.6 Å². The summed E-state index contributed by atoms with van der Waals surface area (Å²) < 4.78 is 5.99. The van der Waals surface area contributed by atoms with Gasteiger partial charge in [-0.15, -0.1) is 12.4 Å². The van der Waals surface area contributed by atoms with Crippen molar-refractivity contribution >= 4 is 18.1 Å². The van der Waals surface area contributed by atoms with E-state index in [9.17, 15) is 0 Å². The largest absolute Gasteiger partial charge is 0.490 e. The lowest BCUT2D eigenvalue weighted by molar-refractivity contribution is 0.276. The smallest absolute Gasteiger partial charge is 0.139 e. The van der Waals surface area contributed by atoms with Gasteiger partial charge in [0.2, 0.25) is 0 Å². The first kappa shape index (κ1) is 22.9. The second kappa shape index (κ2) is 12.2. The van der Waals surface area contributed by atoms with Gasteiger partial charge >= 0.3 is 0 Å². The Morgan fingerprint density at radius 3 is 2.63 bits per heavy atom. The lowest BCUT2D eigenvalue weighted by atomic mass is 9.90. The number of pyridine rings is 1. The van der Waals surface area contributed by atoms with Gasteiger partial charge in [-0.2, -0.15) is 0 Å². The third-order valence-corrected chi connectivity index (χ3v) is 6.46. The Morgan fingerprint density at radius 2 is 1.87 bits per heavy atom. The van der Waals surface area contributed by atoms with Crippen LogP contribution in [0.15, 0.2) is 48.8 Å². The molecule has 0 bridgehead atoms. The second-order valence-corrected chi connectivity index (χ2v) is 8.64. The maximum atomic E-state index is 5.99. The fraction of sp³-hybridized carbons (Fsp3) is 0.560. The van der Waals surface area contributed by atoms with Crippen LogP contribution in [0.1, 0.15) is 50.5 Å². The van der Waals surface area contributed by atoms with E-state index in [1.54, 1.807) is 0 Å². The first-order chi connectivity index (χ1) is 14.4. The maximum absolute atomic E-state index is 5.99. The summed E-state index contributed by atoms with van der Waals surface area (Å²) in [7, 11) is 0. The topological polar surface area (TPSA) is 37.4 Å². The van der Waals surface area contributed by atoms with E-state index in [0.29, 0.717) is 6.04 Å². The van der Waals surface area contributed by atoms with Crippen LogP contribution in [-0.2, 0) is 6.42 Å². The van der Waals surface area contributed by atoms with E-state index >= 15 is 0 Å². The van der Waals surface area contributed by atoms with Crippen molar-refractivity contribution in [1.29, 1.82) is 0 Å². The summed E-state index contributed by atoms with van der Waals surface area (Å²) in [5.74, 6) is 1.78. The molecular weight excluding hydrogens is 394 g/mol. The minimum Gasteiger partial charge on any atom is -0.490 e. The van der Waals surface area contributed by atoms with Gasteiger partial charge < -0.3 is 15.0 Å². The average molecular weight is 430 g/mol. The van der Waals surface area contributed by atoms with E-state index in [2.05, 4.69) is 51.6 Å². The summed E-state index contributed by atoms with van der Waals surface area (Å²) >= 11 is 0. The van der Waals surface area contributed by atoms with Crippen molar-refractivity contribution in [2.75, 3.05) is 31.1 Å². The van der Waals surface area contributed by atoms with Crippen LogP contribution < -0.4 is 15.0 Å². The van der Waals surface area contributed by atoms with Crippen LogP contribution in [-0.4, -0.2) is 37.3 Å². The molecule has 0 amide bonds. The quantitative estimate of drug-likeness (QED) is 0.551. The Bertz CT molecular complexity index is 728. The number of nitrogens with one attached hydrogen (secondary N) is 1. The van der Waals surface area contributed by atoms with Gasteiger partial charge in [0.1, 0.15) is 12.4 Å². The predicted molar refractivity (Wildman–Crippen MR) is 127 cm³/mol. The number of ether oxygens (including phenoxy) is 1. The highest BCUT2D eigenvalue weighted by atomic mass is 35.5. The van der Waals surface area contributed by atoms with Crippen LogP contribution in [0.3, 0.4) is 0 Å². The highest BCUT2D eigenvalue weighted by molar-refractivity contribution is 5.85. The summed E-state index contributed by atoms with van der Waals surface area (Å²) in [6.45, 7) is 4.14. The molecule has 5 heteroatoms. The summed E-state index contributed by atoms with van der Waals surface area (Å²) in [5, 5.41) is 3.48. The molecule has 2 aliphatic heterocycles. The number of aryl methyl sites for hydroxylation is 1. The van der Waals surface area contributed by atoms with Gasteiger partial charge in [0.05, 0.1) is 18.1 Å². The van der Waals surface area contributed by atoms with Gasteiger partial charge in [0.15, 0.2) is 0 Å². The lowest BCUT2D eigenvalue weighted by Crippen LogP contribution is -2.33. The zero-order chi connectivity index (χ0) is 19.7. The minimum atomic E-state index is 0. The summed E-state index contributed by atoms with van der Waals surface area (Å²) in [6.07, 6.45) is 14.1. The van der Waals surface area contributed by atoms with Crippen molar-refractivity contribution in [2.24, 2.45) is 5.92 Å². The normalized spacial score (nSPS) is 19.5. The third kappa shape index (κ3) is 6.88. The molecular formula is C25H36ClN3O. The molecule has 0 radical (unpaired) electrons. The first-order valence-electron chi connectivity index (χ1n) is 11.5. The highest BCUT2D eigenvalue weighted by Gasteiger charge is 2.20. The zero-order valence-corrected chi connectivity index (χ0v) is 18.8. The Labute approximate surface area is 187 Å². The van der Waals surface area contributed by atoms with Crippen molar-refractivity contribution in [3.8, 4) is 5.75 Å². The molecule has 1 aromatic carbocycles. The molecule has 1 aromatic heterocycles. The number of nitrogens with zero attached hydrogens (tertiary/aromatic N) is 2. The van der Waals surface area contributed by atoms with Crippen molar-refractivity contribution in [1.82, 2.24) is 10.3 Å². The molecule has 4 rings (SSSR count). The minimum absolute atomic E-state index is 0. The maximum Gasteiger partial charge on any atom is 0.139 e. The number of hydrogen-bond donors (Lipinski definition) is 1. The Hall–Kier alpha value is -1.78. The molecule has 1 N–H and O–H groups in total. The van der Waals surface area contributed by atoms with E-state index in [1.807, 2.05) is 12.4 Å². The van der Waals surface area contributed by atoms with Gasteiger partial charge in [0.25, 0.3) is 0 Å². The van der Waals surface area contributed by atoms with E-state index in [4.69, 9.17) is 4.74 Å². The number of unbranched alkanes of at least 4 members (excludes halogenated alkanes) is 1. The van der Waals surface area contributed by atoms with Gasteiger partial charge in [-0.1, -0.05) is 43.2 Å². The van der Waals surface area contributed by atoms with E-state index < -0.39 is 0 Å². The molecule has 164 valence electrons. The molecule has 1 atom stereocenters. The molecule has 2 aliphatic rings. The molecule has 0 aliphatic carbocycles. The summed E-state index contributed by atoms with van der Waals surface area (Å²) in [5.41, 5.74) is 2.69. The van der Waals surface area contributed by atoms with Gasteiger partial charge in [0, 0.05) is 25.2 Å². The molecule has 0 saturated carbocycles. The number of anilines is 1. The predicted octanol–water partition coefficient (Wildman–Crippen LogP) is 5.26. The standard InChI is InChI=1S/C25H35N3O.ClH/c1-2-7-21(8-3-1)9-4-5-10-22-12-15-28(16-13-22)24-17-25(19-26-18-24)29-20-23-11-6-14-27-23;/h1-3,7-8,17-19,22-23,27H,4-6,9-16,20H2;1H/t23-;/m0./s1. The number of halogens is 1. The van der Waals surface area contributed by atoms with Crippen LogP contribution in [0.25, 0.3) is 0 Å². The number of benzene rings is 1. The molecule has 3 heterocycles. The van der Waals surface area contributed by atoms with Gasteiger partial charge in [-0.3, -0.25) is 4.98 Å². The average Bonchev–Trinajstić information content (AvgIpc) is 3.30. The summed E-state index contributed by atoms with van der Waals surface area (Å²) in [6, 6.07) is 13.5. The van der Waals surface area contributed by atoms with Crippen molar-refractivity contribution in [3.05, 3.63) is 54.4 Å². The zero-order valence-electron chi connectivity index (χ0n) is 18.0. The Morgan fingerprint density at radius 1 is 1.03 bits per heavy atom. The number of hydrogen-bond acceptors (Lipinski definition) is 4. The van der Waals surface area contributed by atoms with Crippen LogP contribution in [0.4, 0.5) is 5.69 Å². The molecule has 2 saturated heterocycles. The van der Waals surface area contributed by atoms with Crippen molar-refractivity contribution in [3.63, 3.8) is 0 Å². The molecule has 4 nitrogen and oxygen atoms in total. The second-order valence-electron chi connectivity index (χ2n) is 8.64. The fourth-order valence-electron chi connectivity index (χ4n) is 4.64. The number of piperidine rings is 1. The van der Waals surface area contributed by atoms with Crippen LogP contribution in [0.2, 0.25) is 0 Å². The van der Waals surface area contributed by atoms with Crippen molar-refractivity contribution in [2.45, 2.75) is 57.4 Å². The molecule has 30 heavy (non-hydrogen) atoms. The lowest BCUT2D eigenvalue weighted by Gasteiger charge is -2.33. The highest BCUT2D eigenvalue weighted by Crippen LogP contribution is 2.28. The third-order valence-electron chi connectivity index (χ3n) is 6.46. The Kier molecular flexibility index (Phi) is 9.28. The van der Waals surface area contributed by atoms with Gasteiger partial charge in [-0.05, 0) is 56.6 Å². The number of rotatable bonds is 9. The van der Waals surface area contributed by atoms with Crippen LogP contribution in [0.5, 0.6) is 5.75 Å². The van der Waals surface area contributed by atoms with Crippen LogP contribution >= 0.6 is 12.4 Å². The molecule has 0 spiro atoms. The fourth-order valence-corrected chi connectivity index (χ4v) is 4.64. The van der Waals surface area contributed by atoms with Gasteiger partial charge in [-0.25, -0.2) is 0 Å². The first-order valence-corrected chi connectivity index (χ1v) is 11.5. The number of aromatic nitrogens is 1. The molecule has 2 fully saturated rings. The monoisotopic (exact) mass is 429 g/mol. The molecule has 0 unspecified atom stereocenters. The van der Waals surface area contributed by atoms with Crippen molar-refractivity contribution < 1.29 is 4.74 Å². The van der Waals surface area contributed by atoms with Crippen LogP contribution in [0, 0.1) is 5.92 Å². The Balaban J connectivity index is 0.00000256. The SMILES string of the molecule is Cl.c1ccc(CCCCC2CCN(c3cncc(OC[C@@H]4CCCN4)c3)CC2)cc1.